The Morgan fingerprint density at radius 2 is 1.25 bits per heavy atom. The van der Waals surface area contributed by atoms with Crippen LogP contribution in [0.5, 0.6) is 0 Å². The van der Waals surface area contributed by atoms with Gasteiger partial charge in [0.05, 0.1) is 0 Å². The average molecular weight is 167 g/mol. The van der Waals surface area contributed by atoms with Crippen LogP contribution < -0.4 is 0 Å². The Morgan fingerprint density at radius 1 is 1.25 bits per heavy atom. The first-order valence-corrected chi connectivity index (χ1v) is 4.68. The second kappa shape index (κ2) is 8.89. The minimum absolute atomic E-state index is 0. The van der Waals surface area contributed by atoms with Crippen molar-refractivity contribution < 1.29 is 38.7 Å². The molecule has 0 saturated heterocycles. The predicted molar refractivity (Wildman–Crippen MR) is 11.7 cm³/mol. The van der Waals surface area contributed by atoms with Crippen LogP contribution in [0.3, 0.4) is 0 Å². The van der Waals surface area contributed by atoms with Gasteiger partial charge in [0.15, 0.2) is 0 Å². The van der Waals surface area contributed by atoms with Crippen LogP contribution in [0.25, 0.3) is 0 Å². The molecule has 4 heavy (non-hydrogen) atoms. The molecule has 0 aromatic rings. The molecule has 0 aromatic carbocycles. The fourth-order valence-electron chi connectivity index (χ4n) is 0. The number of rotatable bonds is 0. The molecule has 0 bridgehead atoms. The molecule has 22 valence electrons. The van der Waals surface area contributed by atoms with E-state index < -0.39 is 17.0 Å². The summed E-state index contributed by atoms with van der Waals surface area (Å²) < 4.78 is 0. The first-order chi connectivity index (χ1) is 1.41. The van der Waals surface area contributed by atoms with Crippen LogP contribution in [0, 0.1) is 0 Å². The van der Waals surface area contributed by atoms with E-state index in [0.717, 1.165) is 0 Å². The molecule has 0 heterocycles. The zero-order chi connectivity index (χ0) is 2.71. The van der Waals surface area contributed by atoms with Gasteiger partial charge in [0.2, 0.25) is 0 Å². The Morgan fingerprint density at radius 3 is 1.25 bits per heavy atom. The van der Waals surface area contributed by atoms with E-state index in [2.05, 4.69) is 0 Å². The molecule has 0 atom stereocenters. The van der Waals surface area contributed by atoms with Gasteiger partial charge in [0.25, 0.3) is 0 Å². The minimum atomic E-state index is -0.556. The van der Waals surface area contributed by atoms with Crippen molar-refractivity contribution in [1.82, 2.24) is 0 Å². The predicted octanol–water partition coefficient (Wildman–Crippen LogP) is 1.37. The van der Waals surface area contributed by atoms with Gasteiger partial charge in [-0.15, -0.1) is 0 Å². The summed E-state index contributed by atoms with van der Waals surface area (Å²) in [6.45, 7) is 0. The van der Waals surface area contributed by atoms with Crippen molar-refractivity contribution in [3.8, 4) is 0 Å². The Bertz CT molecular complexity index is 4.00. The van der Waals surface area contributed by atoms with Crippen LogP contribution in [0.1, 0.15) is 0 Å². The third-order valence-electron chi connectivity index (χ3n) is 0. The summed E-state index contributed by atoms with van der Waals surface area (Å²) in [6, 6.07) is 0. The Balaban J connectivity index is 0. The summed E-state index contributed by atoms with van der Waals surface area (Å²) in [5.74, 6) is 0. The molecule has 0 aliphatic rings. The summed E-state index contributed by atoms with van der Waals surface area (Å²) in [5, 5.41) is 0. The third kappa shape index (κ3) is 8.99. The first kappa shape index (κ1) is 9.38. The van der Waals surface area contributed by atoms with Crippen molar-refractivity contribution in [3.05, 3.63) is 0 Å². The van der Waals surface area contributed by atoms with Gasteiger partial charge < -0.3 is 0 Å². The molecule has 0 aromatic heterocycles. The van der Waals surface area contributed by atoms with E-state index in [-0.39, 0.29) is 21.7 Å². The maximum Gasteiger partial charge on any atom is 0 e. The van der Waals surface area contributed by atoms with E-state index in [1.807, 2.05) is 0 Å². The van der Waals surface area contributed by atoms with E-state index in [9.17, 15) is 0 Å². The standard InChI is InChI=1S/2ClH.2Ti/h2*1H;;/q;;;+2/p-2. The van der Waals surface area contributed by atoms with Crippen molar-refractivity contribution in [2.24, 2.45) is 0 Å². The minimum Gasteiger partial charge on any atom is 0 e. The summed E-state index contributed by atoms with van der Waals surface area (Å²) in [6.07, 6.45) is 0. The molecule has 0 nitrogen and oxygen atoms in total. The third-order valence-corrected chi connectivity index (χ3v) is 0. The molecule has 0 aliphatic carbocycles. The van der Waals surface area contributed by atoms with Gasteiger partial charge in [0, 0.05) is 21.7 Å². The maximum atomic E-state index is 4.89. The molecule has 0 radical (unpaired) electrons. The summed E-state index contributed by atoms with van der Waals surface area (Å²) in [4.78, 5) is 0. The van der Waals surface area contributed by atoms with Crippen LogP contribution in [0.2, 0.25) is 0 Å². The largest absolute Gasteiger partial charge is 0 e. The van der Waals surface area contributed by atoms with E-state index in [1.54, 1.807) is 0 Å². The van der Waals surface area contributed by atoms with Gasteiger partial charge in [0.1, 0.15) is 0 Å². The second-order valence-corrected chi connectivity index (χ2v) is 2.65. The van der Waals surface area contributed by atoms with E-state index in [1.165, 1.54) is 0 Å². The molecule has 0 aliphatic heterocycles. The number of halogens is 2. The quantitative estimate of drug-likeness (QED) is 0.477. The maximum absolute atomic E-state index is 4.89. The monoisotopic (exact) mass is 166 g/mol. The van der Waals surface area contributed by atoms with E-state index in [4.69, 9.17) is 18.6 Å². The Labute approximate surface area is 56.8 Å². The zero-order valence-electron chi connectivity index (χ0n) is 1.76. The second-order valence-electron chi connectivity index (χ2n) is 0.0714. The van der Waals surface area contributed by atoms with Gasteiger partial charge >= 0.3 is 35.6 Å². The molecule has 0 saturated carbocycles. The van der Waals surface area contributed by atoms with Crippen LogP contribution in [0.15, 0.2) is 0 Å². The van der Waals surface area contributed by atoms with Gasteiger partial charge in [-0.1, -0.05) is 0 Å². The van der Waals surface area contributed by atoms with Gasteiger partial charge in [-0.25, -0.2) is 0 Å². The van der Waals surface area contributed by atoms with Crippen molar-refractivity contribution >= 4 is 18.6 Å². The van der Waals surface area contributed by atoms with Gasteiger partial charge in [-0.05, 0) is 0 Å². The van der Waals surface area contributed by atoms with Crippen molar-refractivity contribution in [2.45, 2.75) is 0 Å². The van der Waals surface area contributed by atoms with Crippen molar-refractivity contribution in [1.29, 1.82) is 0 Å². The normalized spacial score (nSPS) is 3.50. The molecular weight excluding hydrogens is 167 g/mol. The fourth-order valence-corrected chi connectivity index (χ4v) is 0. The van der Waals surface area contributed by atoms with E-state index >= 15 is 0 Å². The molecule has 0 amide bonds. The smallest absolute Gasteiger partial charge is 0 e. The Kier molecular flexibility index (Phi) is 20.9. The molecule has 0 rings (SSSR count). The fraction of sp³-hybridized carbons (Fsp3) is 0. The van der Waals surface area contributed by atoms with Crippen molar-refractivity contribution in [2.75, 3.05) is 0 Å². The molecule has 0 unspecified atom stereocenters. The van der Waals surface area contributed by atoms with Crippen LogP contribution in [0.4, 0.5) is 0 Å². The summed E-state index contributed by atoms with van der Waals surface area (Å²) in [5.41, 5.74) is 0. The van der Waals surface area contributed by atoms with E-state index in [0.29, 0.717) is 0 Å². The van der Waals surface area contributed by atoms with Gasteiger partial charge in [-0.3, -0.25) is 0 Å². The molecule has 0 spiro atoms. The molecule has 0 N–H and O–H groups in total. The van der Waals surface area contributed by atoms with Gasteiger partial charge in [-0.2, -0.15) is 0 Å². The molecule has 4 heteroatoms. The van der Waals surface area contributed by atoms with Crippen molar-refractivity contribution in [3.63, 3.8) is 0 Å². The molecular formula is Cl2Ti2. The first-order valence-electron chi connectivity index (χ1n) is 0.378. The van der Waals surface area contributed by atoms with Crippen LogP contribution in [-0.2, 0) is 38.7 Å². The van der Waals surface area contributed by atoms with Crippen LogP contribution in [-0.4, -0.2) is 0 Å². The van der Waals surface area contributed by atoms with Crippen LogP contribution >= 0.6 is 18.6 Å². The average Bonchev–Trinajstić information content (AvgIpc) is 0.918. The SMILES string of the molecule is [Cl][Ti][Cl].[Ti]. The topological polar surface area (TPSA) is 0 Å². The summed E-state index contributed by atoms with van der Waals surface area (Å²) >= 11 is -0.556. The molecule has 0 fully saturated rings. The number of hydrogen-bond donors (Lipinski definition) is 0. The summed E-state index contributed by atoms with van der Waals surface area (Å²) in [7, 11) is 9.78. The zero-order valence-corrected chi connectivity index (χ0v) is 6.39. The Hall–Kier alpha value is 2.01. The number of hydrogen-bond acceptors (Lipinski definition) is 0.